The minimum absolute atomic E-state index is 0.756. The molecule has 0 aromatic heterocycles. The Bertz CT molecular complexity index is 265. The molecule has 2 heterocycles. The summed E-state index contributed by atoms with van der Waals surface area (Å²) in [7, 11) is 2.29. The number of ether oxygens (including phenoxy) is 1. The van der Waals surface area contributed by atoms with Gasteiger partial charge in [0.05, 0.1) is 6.61 Å². The molecule has 0 radical (unpaired) electrons. The molecule has 0 bridgehead atoms. The fraction of sp³-hybridized carbons (Fsp3) is 1.00. The maximum atomic E-state index is 5.58. The zero-order valence-electron chi connectivity index (χ0n) is 11.7. The highest BCUT2D eigenvalue weighted by molar-refractivity contribution is 4.95. The summed E-state index contributed by atoms with van der Waals surface area (Å²) < 4.78 is 5.58. The Kier molecular flexibility index (Phi) is 4.22. The van der Waals surface area contributed by atoms with E-state index in [2.05, 4.69) is 17.3 Å². The van der Waals surface area contributed by atoms with Gasteiger partial charge in [-0.25, -0.2) is 0 Å². The summed E-state index contributed by atoms with van der Waals surface area (Å²) in [6.45, 7) is 5.69. The maximum Gasteiger partial charge on any atom is 0.0506 e. The minimum atomic E-state index is 0.756. The van der Waals surface area contributed by atoms with Crippen molar-refractivity contribution < 1.29 is 4.74 Å². The molecule has 3 nitrogen and oxygen atoms in total. The van der Waals surface area contributed by atoms with Gasteiger partial charge in [-0.05, 0) is 57.0 Å². The largest absolute Gasteiger partial charge is 0.381 e. The van der Waals surface area contributed by atoms with E-state index >= 15 is 0 Å². The van der Waals surface area contributed by atoms with Crippen LogP contribution in [-0.2, 0) is 4.74 Å². The first kappa shape index (κ1) is 12.9. The van der Waals surface area contributed by atoms with E-state index < -0.39 is 0 Å². The van der Waals surface area contributed by atoms with Gasteiger partial charge >= 0.3 is 0 Å². The third-order valence-electron chi connectivity index (χ3n) is 5.21. The van der Waals surface area contributed by atoms with Crippen LogP contribution in [0.15, 0.2) is 0 Å². The van der Waals surface area contributed by atoms with Crippen LogP contribution in [-0.4, -0.2) is 50.8 Å². The zero-order valence-corrected chi connectivity index (χ0v) is 11.7. The summed E-state index contributed by atoms with van der Waals surface area (Å²) >= 11 is 0. The van der Waals surface area contributed by atoms with E-state index in [0.29, 0.717) is 0 Å². The predicted molar refractivity (Wildman–Crippen MR) is 73.7 cm³/mol. The lowest BCUT2D eigenvalue weighted by Gasteiger charge is -2.30. The summed E-state index contributed by atoms with van der Waals surface area (Å²) in [6.07, 6.45) is 7.00. The molecular weight excluding hydrogens is 224 g/mol. The molecule has 0 aromatic carbocycles. The molecule has 3 heteroatoms. The van der Waals surface area contributed by atoms with Gasteiger partial charge in [-0.3, -0.25) is 0 Å². The number of nitrogens with one attached hydrogen (secondary N) is 1. The first-order valence-corrected chi connectivity index (χ1v) is 7.82. The lowest BCUT2D eigenvalue weighted by atomic mass is 9.93. The number of fused-ring (bicyclic) bond motifs is 1. The number of hydrogen-bond donors (Lipinski definition) is 1. The fourth-order valence-corrected chi connectivity index (χ4v) is 4.31. The Balaban J connectivity index is 1.44. The van der Waals surface area contributed by atoms with E-state index in [1.807, 2.05) is 0 Å². The monoisotopic (exact) mass is 252 g/mol. The summed E-state index contributed by atoms with van der Waals surface area (Å²) in [5, 5.41) is 3.75. The van der Waals surface area contributed by atoms with Crippen LogP contribution >= 0.6 is 0 Å². The fourth-order valence-electron chi connectivity index (χ4n) is 4.31. The highest BCUT2D eigenvalue weighted by Crippen LogP contribution is 2.37. The van der Waals surface area contributed by atoms with E-state index in [0.717, 1.165) is 37.0 Å². The third-order valence-corrected chi connectivity index (χ3v) is 5.21. The van der Waals surface area contributed by atoms with Gasteiger partial charge in [0.1, 0.15) is 0 Å². The Hall–Kier alpha value is -0.120. The molecule has 3 rings (SSSR count). The molecular formula is C15H28N2O. The first-order chi connectivity index (χ1) is 8.83. The number of rotatable bonds is 4. The van der Waals surface area contributed by atoms with Crippen molar-refractivity contribution in [3.05, 3.63) is 0 Å². The van der Waals surface area contributed by atoms with Crippen molar-refractivity contribution in [3.63, 3.8) is 0 Å². The minimum Gasteiger partial charge on any atom is -0.381 e. The van der Waals surface area contributed by atoms with Gasteiger partial charge in [0, 0.05) is 25.7 Å². The molecule has 3 aliphatic rings. The molecule has 0 aromatic rings. The summed E-state index contributed by atoms with van der Waals surface area (Å²) in [4.78, 5) is 2.54. The van der Waals surface area contributed by atoms with Gasteiger partial charge in [0.2, 0.25) is 0 Å². The molecule has 3 fully saturated rings. The Labute approximate surface area is 111 Å². The van der Waals surface area contributed by atoms with Crippen molar-refractivity contribution in [1.29, 1.82) is 0 Å². The molecule has 4 unspecified atom stereocenters. The van der Waals surface area contributed by atoms with E-state index in [9.17, 15) is 0 Å². The Morgan fingerprint density at radius 3 is 2.94 bits per heavy atom. The van der Waals surface area contributed by atoms with Gasteiger partial charge in [0.25, 0.3) is 0 Å². The van der Waals surface area contributed by atoms with E-state index in [1.54, 1.807) is 0 Å². The van der Waals surface area contributed by atoms with Gasteiger partial charge in [0.15, 0.2) is 0 Å². The SMILES string of the molecule is CN(CC1CCCOC1)CC1NCC2CCCC21. The van der Waals surface area contributed by atoms with Crippen LogP contribution in [0.25, 0.3) is 0 Å². The van der Waals surface area contributed by atoms with Crippen molar-refractivity contribution in [2.45, 2.75) is 38.1 Å². The average molecular weight is 252 g/mol. The van der Waals surface area contributed by atoms with E-state index in [-0.39, 0.29) is 0 Å². The standard InChI is InChI=1S/C15H28N2O/c1-17(9-12-4-3-7-18-11-12)10-15-14-6-2-5-13(14)8-16-15/h12-16H,2-11H2,1H3. The van der Waals surface area contributed by atoms with Gasteiger partial charge in [-0.15, -0.1) is 0 Å². The zero-order chi connectivity index (χ0) is 12.4. The van der Waals surface area contributed by atoms with Crippen LogP contribution in [0.5, 0.6) is 0 Å². The van der Waals surface area contributed by atoms with Crippen LogP contribution < -0.4 is 5.32 Å². The molecule has 2 saturated heterocycles. The van der Waals surface area contributed by atoms with Crippen molar-refractivity contribution in [2.75, 3.05) is 39.9 Å². The Morgan fingerprint density at radius 2 is 2.11 bits per heavy atom. The van der Waals surface area contributed by atoms with Crippen LogP contribution in [0.2, 0.25) is 0 Å². The molecule has 18 heavy (non-hydrogen) atoms. The first-order valence-electron chi connectivity index (χ1n) is 7.82. The highest BCUT2D eigenvalue weighted by atomic mass is 16.5. The Morgan fingerprint density at radius 1 is 1.17 bits per heavy atom. The van der Waals surface area contributed by atoms with E-state index in [4.69, 9.17) is 4.74 Å². The van der Waals surface area contributed by atoms with Crippen molar-refractivity contribution in [3.8, 4) is 0 Å². The van der Waals surface area contributed by atoms with Crippen molar-refractivity contribution in [2.24, 2.45) is 17.8 Å². The van der Waals surface area contributed by atoms with Crippen LogP contribution in [0.4, 0.5) is 0 Å². The maximum absolute atomic E-state index is 5.58. The van der Waals surface area contributed by atoms with Gasteiger partial charge in [-0.1, -0.05) is 6.42 Å². The molecule has 0 spiro atoms. The van der Waals surface area contributed by atoms with E-state index in [1.165, 1.54) is 51.7 Å². The van der Waals surface area contributed by atoms with Gasteiger partial charge < -0.3 is 15.0 Å². The topological polar surface area (TPSA) is 24.5 Å². The third kappa shape index (κ3) is 2.89. The summed E-state index contributed by atoms with van der Waals surface area (Å²) in [6, 6.07) is 0.756. The van der Waals surface area contributed by atoms with Crippen molar-refractivity contribution in [1.82, 2.24) is 10.2 Å². The summed E-state index contributed by atoms with van der Waals surface area (Å²) in [5.41, 5.74) is 0. The highest BCUT2D eigenvalue weighted by Gasteiger charge is 2.39. The number of likely N-dealkylation sites (N-methyl/N-ethyl adjacent to an activating group) is 1. The molecule has 0 amide bonds. The molecule has 2 aliphatic heterocycles. The van der Waals surface area contributed by atoms with Gasteiger partial charge in [-0.2, -0.15) is 0 Å². The van der Waals surface area contributed by atoms with Crippen LogP contribution in [0.3, 0.4) is 0 Å². The molecule has 104 valence electrons. The normalized spacial score (nSPS) is 40.3. The number of nitrogens with zero attached hydrogens (tertiary/aromatic N) is 1. The quantitative estimate of drug-likeness (QED) is 0.825. The second-order valence-corrected chi connectivity index (χ2v) is 6.67. The predicted octanol–water partition coefficient (Wildman–Crippen LogP) is 1.73. The lowest BCUT2D eigenvalue weighted by molar-refractivity contribution is 0.0405. The average Bonchev–Trinajstić information content (AvgIpc) is 2.95. The van der Waals surface area contributed by atoms with Crippen LogP contribution in [0.1, 0.15) is 32.1 Å². The smallest absolute Gasteiger partial charge is 0.0506 e. The molecule has 1 N–H and O–H groups in total. The lowest BCUT2D eigenvalue weighted by Crippen LogP contribution is -2.41. The molecule has 4 atom stereocenters. The molecule has 1 saturated carbocycles. The summed E-state index contributed by atoms with van der Waals surface area (Å²) in [5.74, 6) is 2.72. The second-order valence-electron chi connectivity index (χ2n) is 6.67. The van der Waals surface area contributed by atoms with Crippen molar-refractivity contribution >= 4 is 0 Å². The molecule has 1 aliphatic carbocycles. The second kappa shape index (κ2) is 5.89. The number of hydrogen-bond acceptors (Lipinski definition) is 3. The van der Waals surface area contributed by atoms with Crippen LogP contribution in [0, 0.1) is 17.8 Å².